The Labute approximate surface area is 145 Å². The number of H-pyrrole nitrogens is 1. The number of carbonyl (C=O) groups is 3. The number of anilines is 1. The lowest BCUT2D eigenvalue weighted by molar-refractivity contribution is -0.893. The molecule has 7 nitrogen and oxygen atoms in total. The van der Waals surface area contributed by atoms with Gasteiger partial charge in [-0.2, -0.15) is 0 Å². The van der Waals surface area contributed by atoms with E-state index in [4.69, 9.17) is 4.74 Å². The number of quaternary nitrogens is 1. The number of methoxy groups -OCH3 is 1. The maximum Gasteiger partial charge on any atom is 0.356 e. The molecule has 2 heterocycles. The van der Waals surface area contributed by atoms with Gasteiger partial charge in [-0.25, -0.2) is 4.79 Å². The largest absolute Gasteiger partial charge is 0.464 e. The van der Waals surface area contributed by atoms with Crippen molar-refractivity contribution in [2.75, 3.05) is 32.1 Å². The van der Waals surface area contributed by atoms with E-state index >= 15 is 0 Å². The number of aryl methyl sites for hydroxylation is 1. The molecule has 132 valence electrons. The third-order valence-corrected chi connectivity index (χ3v) is 4.53. The van der Waals surface area contributed by atoms with Crippen molar-refractivity contribution in [2.24, 2.45) is 0 Å². The van der Waals surface area contributed by atoms with Crippen LogP contribution in [0.1, 0.15) is 28.9 Å². The molecule has 25 heavy (non-hydrogen) atoms. The van der Waals surface area contributed by atoms with Crippen molar-refractivity contribution in [3.8, 4) is 0 Å². The predicted octanol–water partition coefficient (Wildman–Crippen LogP) is 0.449. The summed E-state index contributed by atoms with van der Waals surface area (Å²) in [5.74, 6) is -0.457. The van der Waals surface area contributed by atoms with Gasteiger partial charge in [0.1, 0.15) is 11.5 Å². The molecule has 1 fully saturated rings. The van der Waals surface area contributed by atoms with Gasteiger partial charge in [-0.1, -0.05) is 11.6 Å². The minimum atomic E-state index is -0.528. The van der Waals surface area contributed by atoms with Gasteiger partial charge >= 0.3 is 5.97 Å². The number of esters is 1. The normalized spacial score (nSPS) is 15.4. The average molecular weight is 344 g/mol. The van der Waals surface area contributed by atoms with Gasteiger partial charge in [-0.05, 0) is 19.1 Å². The number of likely N-dealkylation sites (tertiary alicyclic amines) is 1. The molecule has 1 aliphatic rings. The number of hydrogen-bond acceptors (Lipinski definition) is 4. The van der Waals surface area contributed by atoms with Crippen molar-refractivity contribution in [2.45, 2.75) is 19.8 Å². The first kappa shape index (κ1) is 17.2. The van der Waals surface area contributed by atoms with E-state index in [2.05, 4.69) is 10.3 Å². The smallest absolute Gasteiger partial charge is 0.356 e. The van der Waals surface area contributed by atoms with Crippen molar-refractivity contribution in [3.63, 3.8) is 0 Å². The lowest BCUT2D eigenvalue weighted by Gasteiger charge is -2.22. The van der Waals surface area contributed by atoms with Gasteiger partial charge in [0.25, 0.3) is 5.91 Å². The second-order valence-electron chi connectivity index (χ2n) is 6.43. The molecule has 0 saturated carbocycles. The molecule has 3 N–H and O–H groups in total. The van der Waals surface area contributed by atoms with Crippen molar-refractivity contribution >= 4 is 34.3 Å². The minimum Gasteiger partial charge on any atom is -0.464 e. The first-order valence-electron chi connectivity index (χ1n) is 8.33. The summed E-state index contributed by atoms with van der Waals surface area (Å²) in [5.41, 5.74) is 2.47. The molecule has 1 aliphatic heterocycles. The van der Waals surface area contributed by atoms with Gasteiger partial charge in [0.05, 0.1) is 38.7 Å². The van der Waals surface area contributed by atoms with Crippen LogP contribution in [0.5, 0.6) is 0 Å². The zero-order valence-corrected chi connectivity index (χ0v) is 14.4. The molecule has 0 bridgehead atoms. The third-order valence-electron chi connectivity index (χ3n) is 4.53. The van der Waals surface area contributed by atoms with Gasteiger partial charge in [0.15, 0.2) is 6.54 Å². The van der Waals surface area contributed by atoms with Gasteiger partial charge in [-0.15, -0.1) is 0 Å². The van der Waals surface area contributed by atoms with E-state index in [1.165, 1.54) is 7.11 Å². The second-order valence-corrected chi connectivity index (χ2v) is 6.43. The van der Waals surface area contributed by atoms with Crippen LogP contribution in [0.4, 0.5) is 5.69 Å². The Morgan fingerprint density at radius 2 is 2.00 bits per heavy atom. The highest BCUT2D eigenvalue weighted by atomic mass is 16.5. The van der Waals surface area contributed by atoms with E-state index in [9.17, 15) is 14.4 Å². The summed E-state index contributed by atoms with van der Waals surface area (Å²) < 4.78 is 4.82. The van der Waals surface area contributed by atoms with E-state index in [1.807, 2.05) is 25.1 Å². The van der Waals surface area contributed by atoms with Crippen molar-refractivity contribution in [1.29, 1.82) is 0 Å². The second kappa shape index (κ2) is 7.06. The molecular weight excluding hydrogens is 322 g/mol. The Morgan fingerprint density at radius 3 is 2.68 bits per heavy atom. The summed E-state index contributed by atoms with van der Waals surface area (Å²) in [6.45, 7) is 3.56. The predicted molar refractivity (Wildman–Crippen MR) is 92.8 cm³/mol. The highest BCUT2D eigenvalue weighted by molar-refractivity contribution is 6.11. The van der Waals surface area contributed by atoms with E-state index in [-0.39, 0.29) is 23.9 Å². The maximum absolute atomic E-state index is 12.5. The molecule has 1 saturated heterocycles. The number of amides is 1. The standard InChI is InChI=1S/C18H21N3O4/c1-11-3-4-14-13(9-11)16(17(19-14)18(24)25-2)20-15(23)10-21-7-5-12(22)6-8-21/h3-4,9,19H,5-8,10H2,1-2H3,(H,20,23)/p+1. The van der Waals surface area contributed by atoms with Gasteiger partial charge in [0.2, 0.25) is 0 Å². The third kappa shape index (κ3) is 3.71. The van der Waals surface area contributed by atoms with Crippen LogP contribution >= 0.6 is 0 Å². The number of rotatable bonds is 4. The van der Waals surface area contributed by atoms with E-state index < -0.39 is 5.97 Å². The molecule has 0 unspecified atom stereocenters. The highest BCUT2D eigenvalue weighted by Gasteiger charge is 2.24. The van der Waals surface area contributed by atoms with E-state index in [0.29, 0.717) is 31.6 Å². The van der Waals surface area contributed by atoms with E-state index in [1.54, 1.807) is 0 Å². The SMILES string of the molecule is COC(=O)c1[nH]c2ccc(C)cc2c1NC(=O)C[NH+]1CCC(=O)CC1. The first-order valence-corrected chi connectivity index (χ1v) is 8.33. The Hall–Kier alpha value is -2.67. The summed E-state index contributed by atoms with van der Waals surface area (Å²) in [4.78, 5) is 39.9. The van der Waals surface area contributed by atoms with Crippen molar-refractivity contribution < 1.29 is 24.0 Å². The average Bonchev–Trinajstić information content (AvgIpc) is 2.94. The molecule has 0 spiro atoms. The number of carbonyl (C=O) groups excluding carboxylic acids is 3. The number of nitrogens with one attached hydrogen (secondary N) is 3. The quantitative estimate of drug-likeness (QED) is 0.702. The van der Waals surface area contributed by atoms with Crippen LogP contribution in [0, 0.1) is 6.92 Å². The Bertz CT molecular complexity index is 830. The van der Waals surface area contributed by atoms with Crippen molar-refractivity contribution in [3.05, 3.63) is 29.5 Å². The maximum atomic E-state index is 12.5. The molecule has 3 rings (SSSR count). The lowest BCUT2D eigenvalue weighted by Crippen LogP contribution is -3.14. The van der Waals surface area contributed by atoms with Crippen LogP contribution in [0.3, 0.4) is 0 Å². The van der Waals surface area contributed by atoms with Crippen LogP contribution in [0.25, 0.3) is 10.9 Å². The number of aromatic amines is 1. The molecule has 0 aliphatic carbocycles. The number of fused-ring (bicyclic) bond motifs is 1. The number of ketones is 1. The number of piperidine rings is 1. The number of Topliss-reactive ketones (excluding diaryl/α,β-unsaturated/α-hetero) is 1. The summed E-state index contributed by atoms with van der Waals surface area (Å²) in [7, 11) is 1.31. The fraction of sp³-hybridized carbons (Fsp3) is 0.389. The molecule has 1 aromatic heterocycles. The molecule has 1 aromatic carbocycles. The van der Waals surface area contributed by atoms with Gasteiger partial charge in [0, 0.05) is 10.9 Å². The fourth-order valence-corrected chi connectivity index (χ4v) is 3.16. The van der Waals surface area contributed by atoms with Crippen LogP contribution in [-0.2, 0) is 14.3 Å². The van der Waals surface area contributed by atoms with Crippen LogP contribution in [-0.4, -0.2) is 49.4 Å². The van der Waals surface area contributed by atoms with Crippen LogP contribution in [0.15, 0.2) is 18.2 Å². The summed E-state index contributed by atoms with van der Waals surface area (Å²) in [6, 6.07) is 5.72. The van der Waals surface area contributed by atoms with Crippen LogP contribution < -0.4 is 10.2 Å². The molecule has 0 atom stereocenters. The molecular formula is C18H22N3O4+. The number of benzene rings is 1. The van der Waals surface area contributed by atoms with Gasteiger partial charge < -0.3 is 19.9 Å². The molecule has 7 heteroatoms. The lowest BCUT2D eigenvalue weighted by atomic mass is 10.1. The monoisotopic (exact) mass is 344 g/mol. The highest BCUT2D eigenvalue weighted by Crippen LogP contribution is 2.29. The summed E-state index contributed by atoms with van der Waals surface area (Å²) >= 11 is 0. The Balaban J connectivity index is 1.83. The summed E-state index contributed by atoms with van der Waals surface area (Å²) in [5, 5.41) is 3.63. The molecule has 2 aromatic rings. The molecule has 1 amide bonds. The number of ether oxygens (including phenoxy) is 1. The fourth-order valence-electron chi connectivity index (χ4n) is 3.16. The number of hydrogen-bond donors (Lipinski definition) is 3. The van der Waals surface area contributed by atoms with Crippen LogP contribution in [0.2, 0.25) is 0 Å². The zero-order valence-electron chi connectivity index (χ0n) is 14.4. The number of aromatic nitrogens is 1. The topological polar surface area (TPSA) is 92.7 Å². The molecule has 0 radical (unpaired) electrons. The Morgan fingerprint density at radius 1 is 1.28 bits per heavy atom. The first-order chi connectivity index (χ1) is 12.0. The Kier molecular flexibility index (Phi) is 4.85. The zero-order chi connectivity index (χ0) is 18.0. The summed E-state index contributed by atoms with van der Waals surface area (Å²) in [6.07, 6.45) is 1.03. The minimum absolute atomic E-state index is 0.183. The van der Waals surface area contributed by atoms with E-state index in [0.717, 1.165) is 21.4 Å². The van der Waals surface area contributed by atoms with Gasteiger partial charge in [-0.3, -0.25) is 9.59 Å². The van der Waals surface area contributed by atoms with Crippen molar-refractivity contribution in [1.82, 2.24) is 4.98 Å².